The standard InChI is InChI=1S/C17H19ClFNO/c1-10-7-13(14(18)8-11(10)2)17(20-3)12-5-6-15(19)16(9-12)21-4/h5-9,17,20H,1-4H3. The second-order valence-corrected chi connectivity index (χ2v) is 5.48. The molecule has 2 rings (SSSR count). The van der Waals surface area contributed by atoms with E-state index in [2.05, 4.69) is 11.4 Å². The van der Waals surface area contributed by atoms with E-state index in [1.54, 1.807) is 12.1 Å². The first-order valence-corrected chi connectivity index (χ1v) is 7.13. The van der Waals surface area contributed by atoms with Crippen molar-refractivity contribution in [2.75, 3.05) is 14.2 Å². The molecule has 112 valence electrons. The lowest BCUT2D eigenvalue weighted by molar-refractivity contribution is 0.385. The maximum Gasteiger partial charge on any atom is 0.165 e. The van der Waals surface area contributed by atoms with Crippen molar-refractivity contribution >= 4 is 11.6 Å². The van der Waals surface area contributed by atoms with Crippen molar-refractivity contribution in [1.29, 1.82) is 0 Å². The van der Waals surface area contributed by atoms with Gasteiger partial charge in [0, 0.05) is 5.02 Å². The van der Waals surface area contributed by atoms with Gasteiger partial charge in [0.25, 0.3) is 0 Å². The highest BCUT2D eigenvalue weighted by molar-refractivity contribution is 6.31. The summed E-state index contributed by atoms with van der Waals surface area (Å²) < 4.78 is 18.6. The van der Waals surface area contributed by atoms with Crippen LogP contribution in [0.4, 0.5) is 4.39 Å². The molecule has 0 fully saturated rings. The van der Waals surface area contributed by atoms with Gasteiger partial charge in [0.2, 0.25) is 0 Å². The van der Waals surface area contributed by atoms with Gasteiger partial charge >= 0.3 is 0 Å². The Morgan fingerprint density at radius 2 is 1.81 bits per heavy atom. The molecular formula is C17H19ClFNO. The molecule has 0 radical (unpaired) electrons. The van der Waals surface area contributed by atoms with Gasteiger partial charge in [0.05, 0.1) is 13.2 Å². The number of halogens is 2. The molecule has 1 unspecified atom stereocenters. The van der Waals surface area contributed by atoms with Crippen LogP contribution in [0, 0.1) is 19.7 Å². The fourth-order valence-electron chi connectivity index (χ4n) is 2.38. The van der Waals surface area contributed by atoms with E-state index in [-0.39, 0.29) is 17.6 Å². The smallest absolute Gasteiger partial charge is 0.165 e. The maximum atomic E-state index is 13.6. The SMILES string of the molecule is CNC(c1ccc(F)c(OC)c1)c1cc(C)c(C)cc1Cl. The third-order valence-electron chi connectivity index (χ3n) is 3.72. The van der Waals surface area contributed by atoms with E-state index in [1.807, 2.05) is 27.0 Å². The molecule has 0 spiro atoms. The van der Waals surface area contributed by atoms with Gasteiger partial charge in [-0.25, -0.2) is 4.39 Å². The predicted molar refractivity (Wildman–Crippen MR) is 84.8 cm³/mol. The maximum absolute atomic E-state index is 13.6. The van der Waals surface area contributed by atoms with E-state index >= 15 is 0 Å². The van der Waals surface area contributed by atoms with Crippen LogP contribution in [0.25, 0.3) is 0 Å². The van der Waals surface area contributed by atoms with Crippen molar-refractivity contribution in [1.82, 2.24) is 5.32 Å². The molecule has 0 aliphatic carbocycles. The van der Waals surface area contributed by atoms with Crippen LogP contribution in [0.3, 0.4) is 0 Å². The van der Waals surface area contributed by atoms with E-state index in [1.165, 1.54) is 18.7 Å². The average molecular weight is 308 g/mol. The van der Waals surface area contributed by atoms with Crippen LogP contribution in [0.15, 0.2) is 30.3 Å². The number of hydrogen-bond acceptors (Lipinski definition) is 2. The number of benzene rings is 2. The van der Waals surface area contributed by atoms with E-state index in [0.29, 0.717) is 5.02 Å². The van der Waals surface area contributed by atoms with Crippen LogP contribution in [-0.2, 0) is 0 Å². The van der Waals surface area contributed by atoms with Crippen LogP contribution >= 0.6 is 11.6 Å². The zero-order chi connectivity index (χ0) is 15.6. The summed E-state index contributed by atoms with van der Waals surface area (Å²) in [4.78, 5) is 0. The number of aryl methyl sites for hydroxylation is 2. The molecule has 0 aromatic heterocycles. The highest BCUT2D eigenvalue weighted by Crippen LogP contribution is 2.32. The first kappa shape index (κ1) is 15.8. The van der Waals surface area contributed by atoms with Gasteiger partial charge in [-0.2, -0.15) is 0 Å². The molecule has 21 heavy (non-hydrogen) atoms. The Morgan fingerprint density at radius 3 is 2.43 bits per heavy atom. The van der Waals surface area contributed by atoms with Crippen LogP contribution < -0.4 is 10.1 Å². The predicted octanol–water partition coefficient (Wildman–Crippen LogP) is 4.41. The summed E-state index contributed by atoms with van der Waals surface area (Å²) in [6, 6.07) is 8.75. The third kappa shape index (κ3) is 3.20. The van der Waals surface area contributed by atoms with Crippen molar-refractivity contribution in [3.63, 3.8) is 0 Å². The number of nitrogens with one attached hydrogen (secondary N) is 1. The average Bonchev–Trinajstić information content (AvgIpc) is 2.46. The van der Waals surface area contributed by atoms with E-state index in [0.717, 1.165) is 16.7 Å². The fourth-order valence-corrected chi connectivity index (χ4v) is 2.71. The van der Waals surface area contributed by atoms with Crippen molar-refractivity contribution in [3.8, 4) is 5.75 Å². The molecule has 1 atom stereocenters. The minimum atomic E-state index is -0.373. The fraction of sp³-hybridized carbons (Fsp3) is 0.294. The van der Waals surface area contributed by atoms with Gasteiger partial charge < -0.3 is 10.1 Å². The Morgan fingerprint density at radius 1 is 1.14 bits per heavy atom. The van der Waals surface area contributed by atoms with Crippen LogP contribution in [0.2, 0.25) is 5.02 Å². The summed E-state index contributed by atoms with van der Waals surface area (Å²) in [5.41, 5.74) is 4.19. The van der Waals surface area contributed by atoms with Gasteiger partial charge in [0.15, 0.2) is 11.6 Å². The molecule has 0 heterocycles. The minimum Gasteiger partial charge on any atom is -0.494 e. The highest BCUT2D eigenvalue weighted by Gasteiger charge is 2.18. The summed E-state index contributed by atoms with van der Waals surface area (Å²) in [5.74, 6) is -0.144. The van der Waals surface area contributed by atoms with E-state index < -0.39 is 0 Å². The zero-order valence-electron chi connectivity index (χ0n) is 12.6. The topological polar surface area (TPSA) is 21.3 Å². The van der Waals surface area contributed by atoms with Crippen molar-refractivity contribution in [2.24, 2.45) is 0 Å². The quantitative estimate of drug-likeness (QED) is 0.903. The Labute approximate surface area is 129 Å². The summed E-state index contributed by atoms with van der Waals surface area (Å²) in [7, 11) is 3.31. The van der Waals surface area contributed by atoms with E-state index in [9.17, 15) is 4.39 Å². The Balaban J connectivity index is 2.52. The highest BCUT2D eigenvalue weighted by atomic mass is 35.5. The molecule has 1 N–H and O–H groups in total. The molecule has 4 heteroatoms. The Hall–Kier alpha value is -1.58. The zero-order valence-corrected chi connectivity index (χ0v) is 13.4. The number of hydrogen-bond donors (Lipinski definition) is 1. The molecule has 2 nitrogen and oxygen atoms in total. The van der Waals surface area contributed by atoms with Gasteiger partial charge in [-0.1, -0.05) is 23.7 Å². The van der Waals surface area contributed by atoms with Gasteiger partial charge in [-0.15, -0.1) is 0 Å². The molecule has 2 aromatic carbocycles. The van der Waals surface area contributed by atoms with Crippen molar-refractivity contribution in [3.05, 3.63) is 63.4 Å². The van der Waals surface area contributed by atoms with Crippen LogP contribution in [0.5, 0.6) is 5.75 Å². The molecule has 0 saturated heterocycles. The van der Waals surface area contributed by atoms with Crippen molar-refractivity contribution in [2.45, 2.75) is 19.9 Å². The van der Waals surface area contributed by atoms with Crippen molar-refractivity contribution < 1.29 is 9.13 Å². The Bertz CT molecular complexity index is 657. The monoisotopic (exact) mass is 307 g/mol. The van der Waals surface area contributed by atoms with Crippen LogP contribution in [-0.4, -0.2) is 14.2 Å². The third-order valence-corrected chi connectivity index (χ3v) is 4.05. The summed E-state index contributed by atoms with van der Waals surface area (Å²) in [6.45, 7) is 4.08. The lowest BCUT2D eigenvalue weighted by Crippen LogP contribution is -2.18. The number of rotatable bonds is 4. The lowest BCUT2D eigenvalue weighted by Gasteiger charge is -2.20. The second kappa shape index (κ2) is 6.46. The first-order chi connectivity index (χ1) is 9.97. The molecule has 0 amide bonds. The molecule has 2 aromatic rings. The van der Waals surface area contributed by atoms with Gasteiger partial charge in [-0.05, 0) is 61.3 Å². The largest absolute Gasteiger partial charge is 0.494 e. The van der Waals surface area contributed by atoms with Gasteiger partial charge in [-0.3, -0.25) is 0 Å². The lowest BCUT2D eigenvalue weighted by atomic mass is 9.95. The number of methoxy groups -OCH3 is 1. The molecular weight excluding hydrogens is 289 g/mol. The second-order valence-electron chi connectivity index (χ2n) is 5.07. The minimum absolute atomic E-state index is 0.119. The summed E-state index contributed by atoms with van der Waals surface area (Å²) >= 11 is 6.38. The Kier molecular flexibility index (Phi) is 4.86. The van der Waals surface area contributed by atoms with Crippen LogP contribution in [0.1, 0.15) is 28.3 Å². The molecule has 0 bridgehead atoms. The number of ether oxygens (including phenoxy) is 1. The van der Waals surface area contributed by atoms with E-state index in [4.69, 9.17) is 16.3 Å². The summed E-state index contributed by atoms with van der Waals surface area (Å²) in [5, 5.41) is 3.93. The first-order valence-electron chi connectivity index (χ1n) is 6.75. The molecule has 0 aliphatic rings. The van der Waals surface area contributed by atoms with Gasteiger partial charge in [0.1, 0.15) is 0 Å². The molecule has 0 saturated carbocycles. The summed E-state index contributed by atoms with van der Waals surface area (Å²) in [6.07, 6.45) is 0. The normalized spacial score (nSPS) is 12.3. The molecule has 0 aliphatic heterocycles.